The number of benzene rings is 2. The number of aromatic nitrogens is 3. The molecule has 2 aromatic heterocycles. The fourth-order valence-electron chi connectivity index (χ4n) is 3.37. The van der Waals surface area contributed by atoms with E-state index in [4.69, 9.17) is 4.74 Å². The highest BCUT2D eigenvalue weighted by molar-refractivity contribution is 7.99. The number of nitrogens with zero attached hydrogens (tertiary/aromatic N) is 2. The first-order chi connectivity index (χ1) is 15.8. The van der Waals surface area contributed by atoms with Crippen molar-refractivity contribution < 1.29 is 22.7 Å². The largest absolute Gasteiger partial charge is 0.416 e. The Kier molecular flexibility index (Phi) is 6.43. The van der Waals surface area contributed by atoms with E-state index in [0.29, 0.717) is 16.2 Å². The third-order valence-electron chi connectivity index (χ3n) is 4.90. The van der Waals surface area contributed by atoms with Crippen LogP contribution >= 0.6 is 11.8 Å². The van der Waals surface area contributed by atoms with Gasteiger partial charge in [-0.15, -0.1) is 0 Å². The number of para-hydroxylation sites is 1. The van der Waals surface area contributed by atoms with Crippen LogP contribution in [0, 0.1) is 0 Å². The Hall–Kier alpha value is -3.31. The zero-order valence-corrected chi connectivity index (χ0v) is 18.2. The lowest BCUT2D eigenvalue weighted by molar-refractivity contribution is -0.137. The zero-order chi connectivity index (χ0) is 23.6. The molecule has 0 aliphatic carbocycles. The molecule has 0 spiro atoms. The van der Waals surface area contributed by atoms with Gasteiger partial charge in [-0.25, -0.2) is 4.98 Å². The van der Waals surface area contributed by atoms with Crippen molar-refractivity contribution in [3.8, 4) is 0 Å². The SMILES string of the molecule is COCCn1c(SCC(=O)Nc2cccc(C(F)(F)F)c2)nc2c([nH]c3ccccc32)c1=O. The number of alkyl halides is 3. The summed E-state index contributed by atoms with van der Waals surface area (Å²) in [6.45, 7) is 0.489. The van der Waals surface area contributed by atoms with Gasteiger partial charge in [0.25, 0.3) is 5.56 Å². The van der Waals surface area contributed by atoms with Crippen LogP contribution in [0.5, 0.6) is 0 Å². The van der Waals surface area contributed by atoms with Gasteiger partial charge in [0.15, 0.2) is 5.16 Å². The Bertz CT molecular complexity index is 1380. The van der Waals surface area contributed by atoms with Gasteiger partial charge in [-0.3, -0.25) is 14.2 Å². The van der Waals surface area contributed by atoms with Crippen molar-refractivity contribution in [1.82, 2.24) is 14.5 Å². The molecule has 0 unspecified atom stereocenters. The lowest BCUT2D eigenvalue weighted by Crippen LogP contribution is -2.26. The van der Waals surface area contributed by atoms with Crippen molar-refractivity contribution in [2.45, 2.75) is 17.9 Å². The first-order valence-corrected chi connectivity index (χ1v) is 10.9. The van der Waals surface area contributed by atoms with Crippen LogP contribution in [0.2, 0.25) is 0 Å². The average Bonchev–Trinajstić information content (AvgIpc) is 3.16. The average molecular weight is 476 g/mol. The minimum atomic E-state index is -4.51. The number of anilines is 1. The Morgan fingerprint density at radius 2 is 2.00 bits per heavy atom. The normalized spacial score (nSPS) is 11.9. The zero-order valence-electron chi connectivity index (χ0n) is 17.4. The second-order valence-corrected chi connectivity index (χ2v) is 8.10. The first-order valence-electron chi connectivity index (χ1n) is 9.88. The molecule has 4 rings (SSSR count). The number of thioether (sulfide) groups is 1. The van der Waals surface area contributed by atoms with Gasteiger partial charge in [-0.2, -0.15) is 13.2 Å². The number of nitrogens with one attached hydrogen (secondary N) is 2. The second kappa shape index (κ2) is 9.28. The maximum Gasteiger partial charge on any atom is 0.416 e. The van der Waals surface area contributed by atoms with E-state index in [1.807, 2.05) is 24.3 Å². The van der Waals surface area contributed by atoms with Crippen LogP contribution in [0.15, 0.2) is 58.5 Å². The molecule has 2 aromatic carbocycles. The molecule has 0 radical (unpaired) electrons. The molecule has 0 aliphatic heterocycles. The first kappa shape index (κ1) is 22.9. The number of halogens is 3. The maximum absolute atomic E-state index is 13.1. The van der Waals surface area contributed by atoms with Gasteiger partial charge in [0, 0.05) is 23.7 Å². The quantitative estimate of drug-likeness (QED) is 0.307. The Labute approximate surface area is 190 Å². The van der Waals surface area contributed by atoms with Gasteiger partial charge in [-0.05, 0) is 24.3 Å². The molecule has 0 saturated heterocycles. The summed E-state index contributed by atoms with van der Waals surface area (Å²) in [6.07, 6.45) is -4.51. The van der Waals surface area contributed by atoms with Crippen molar-refractivity contribution in [2.75, 3.05) is 24.8 Å². The smallest absolute Gasteiger partial charge is 0.383 e. The van der Waals surface area contributed by atoms with E-state index in [-0.39, 0.29) is 30.2 Å². The number of hydrogen-bond donors (Lipinski definition) is 2. The number of methoxy groups -OCH3 is 1. The molecular formula is C22H19F3N4O3S. The number of H-pyrrole nitrogens is 1. The van der Waals surface area contributed by atoms with Crippen molar-refractivity contribution in [3.05, 3.63) is 64.4 Å². The van der Waals surface area contributed by atoms with Gasteiger partial charge < -0.3 is 15.0 Å². The Balaban J connectivity index is 1.60. The molecule has 172 valence electrons. The predicted molar refractivity (Wildman–Crippen MR) is 121 cm³/mol. The third kappa shape index (κ3) is 4.88. The van der Waals surface area contributed by atoms with E-state index in [9.17, 15) is 22.8 Å². The van der Waals surface area contributed by atoms with Crippen LogP contribution in [-0.4, -0.2) is 39.9 Å². The molecule has 0 saturated carbocycles. The van der Waals surface area contributed by atoms with Crippen molar-refractivity contribution in [3.63, 3.8) is 0 Å². The van der Waals surface area contributed by atoms with Crippen LogP contribution in [0.25, 0.3) is 21.9 Å². The topological polar surface area (TPSA) is 89.0 Å². The molecule has 0 fully saturated rings. The summed E-state index contributed by atoms with van der Waals surface area (Å²) in [5.41, 5.74) is 0.490. The summed E-state index contributed by atoms with van der Waals surface area (Å²) in [5, 5.41) is 3.55. The monoisotopic (exact) mass is 476 g/mol. The molecule has 0 aliphatic rings. The van der Waals surface area contributed by atoms with Crippen LogP contribution in [0.1, 0.15) is 5.56 Å². The van der Waals surface area contributed by atoms with Gasteiger partial charge >= 0.3 is 6.18 Å². The summed E-state index contributed by atoms with van der Waals surface area (Å²) in [4.78, 5) is 33.2. The van der Waals surface area contributed by atoms with Gasteiger partial charge in [0.1, 0.15) is 11.0 Å². The minimum Gasteiger partial charge on any atom is -0.383 e. The molecule has 1 amide bonds. The van der Waals surface area contributed by atoms with E-state index in [2.05, 4.69) is 15.3 Å². The van der Waals surface area contributed by atoms with Gasteiger partial charge in [-0.1, -0.05) is 36.0 Å². The molecule has 7 nitrogen and oxygen atoms in total. The van der Waals surface area contributed by atoms with Crippen molar-refractivity contribution in [1.29, 1.82) is 0 Å². The summed E-state index contributed by atoms with van der Waals surface area (Å²) in [6, 6.07) is 11.8. The van der Waals surface area contributed by atoms with Gasteiger partial charge in [0.2, 0.25) is 5.91 Å². The van der Waals surface area contributed by atoms with E-state index in [1.54, 1.807) is 0 Å². The molecule has 0 atom stereocenters. The Morgan fingerprint density at radius 1 is 1.21 bits per heavy atom. The fraction of sp³-hybridized carbons (Fsp3) is 0.227. The van der Waals surface area contributed by atoms with E-state index in [1.165, 1.54) is 23.8 Å². The summed E-state index contributed by atoms with van der Waals surface area (Å²) >= 11 is 1.02. The molecule has 0 bridgehead atoms. The summed E-state index contributed by atoms with van der Waals surface area (Å²) < 4.78 is 45.2. The minimum absolute atomic E-state index is 0.0345. The lowest BCUT2D eigenvalue weighted by atomic mass is 10.2. The van der Waals surface area contributed by atoms with Crippen LogP contribution in [-0.2, 0) is 22.3 Å². The van der Waals surface area contributed by atoms with E-state index in [0.717, 1.165) is 34.8 Å². The van der Waals surface area contributed by atoms with Crippen molar-refractivity contribution >= 4 is 45.3 Å². The van der Waals surface area contributed by atoms with Gasteiger partial charge in [0.05, 0.1) is 24.5 Å². The van der Waals surface area contributed by atoms with Crippen LogP contribution in [0.3, 0.4) is 0 Å². The molecule has 11 heteroatoms. The molecule has 2 heterocycles. The summed E-state index contributed by atoms with van der Waals surface area (Å²) in [5.74, 6) is -0.672. The number of carbonyl (C=O) groups excluding carboxylic acids is 1. The number of ether oxygens (including phenoxy) is 1. The van der Waals surface area contributed by atoms with Crippen LogP contribution < -0.4 is 10.9 Å². The molecule has 4 aromatic rings. The van der Waals surface area contributed by atoms with E-state index >= 15 is 0 Å². The van der Waals surface area contributed by atoms with Crippen LogP contribution in [0.4, 0.5) is 18.9 Å². The highest BCUT2D eigenvalue weighted by Gasteiger charge is 2.30. The standard InChI is InChI=1S/C22H19F3N4O3S/c1-32-10-9-29-20(31)19-18(15-7-2-3-8-16(15)27-19)28-21(29)33-12-17(30)26-14-6-4-5-13(11-14)22(23,24)25/h2-8,11,27H,9-10,12H2,1H3,(H,26,30). The second-order valence-electron chi connectivity index (χ2n) is 7.15. The number of fused-ring (bicyclic) bond motifs is 3. The number of amides is 1. The fourth-order valence-corrected chi connectivity index (χ4v) is 4.18. The maximum atomic E-state index is 13.1. The molecule has 2 N–H and O–H groups in total. The lowest BCUT2D eigenvalue weighted by Gasteiger charge is -2.12. The number of hydrogen-bond acceptors (Lipinski definition) is 5. The highest BCUT2D eigenvalue weighted by Crippen LogP contribution is 2.31. The van der Waals surface area contributed by atoms with E-state index < -0.39 is 17.6 Å². The number of rotatable bonds is 7. The number of aromatic amines is 1. The molecular weight excluding hydrogens is 457 g/mol. The molecule has 33 heavy (non-hydrogen) atoms. The third-order valence-corrected chi connectivity index (χ3v) is 5.88. The Morgan fingerprint density at radius 3 is 2.76 bits per heavy atom. The highest BCUT2D eigenvalue weighted by atomic mass is 32.2. The van der Waals surface area contributed by atoms with Crippen molar-refractivity contribution in [2.24, 2.45) is 0 Å². The summed E-state index contributed by atoms with van der Waals surface area (Å²) in [7, 11) is 1.51. The number of carbonyl (C=O) groups is 1. The predicted octanol–water partition coefficient (Wildman–Crippen LogP) is 4.27.